The molecule has 0 fully saturated rings. The number of anilines is 1. The van der Waals surface area contributed by atoms with Gasteiger partial charge in [-0.15, -0.1) is 11.3 Å². The van der Waals surface area contributed by atoms with Crippen LogP contribution < -0.4 is 5.32 Å². The van der Waals surface area contributed by atoms with Crippen LogP contribution in [0, 0.1) is 0 Å². The highest BCUT2D eigenvalue weighted by molar-refractivity contribution is 7.17. The molecule has 0 spiro atoms. The van der Waals surface area contributed by atoms with Crippen molar-refractivity contribution in [2.75, 3.05) is 12.4 Å². The van der Waals surface area contributed by atoms with Gasteiger partial charge in [0, 0.05) is 4.88 Å². The lowest BCUT2D eigenvalue weighted by Crippen LogP contribution is -2.12. The van der Waals surface area contributed by atoms with Crippen LogP contribution in [0.5, 0.6) is 0 Å². The number of carbonyl (C=O) groups is 2. The number of nitrogens with one attached hydrogen (secondary N) is 1. The first-order chi connectivity index (χ1) is 8.67. The van der Waals surface area contributed by atoms with Gasteiger partial charge in [0.25, 0.3) is 0 Å². The Morgan fingerprint density at radius 1 is 1.39 bits per heavy atom. The van der Waals surface area contributed by atoms with E-state index in [0.29, 0.717) is 10.6 Å². The summed E-state index contributed by atoms with van der Waals surface area (Å²) in [5.41, 5.74) is 1.58. The Labute approximate surface area is 110 Å². The van der Waals surface area contributed by atoms with Crippen molar-refractivity contribution in [1.82, 2.24) is 0 Å². The van der Waals surface area contributed by atoms with Crippen molar-refractivity contribution in [3.05, 3.63) is 28.2 Å². The van der Waals surface area contributed by atoms with Gasteiger partial charge in [0.2, 0.25) is 5.91 Å². The van der Waals surface area contributed by atoms with Crippen molar-refractivity contribution >= 4 is 28.2 Å². The second-order valence-electron chi connectivity index (χ2n) is 4.04. The van der Waals surface area contributed by atoms with Crippen molar-refractivity contribution in [1.29, 1.82) is 0 Å². The van der Waals surface area contributed by atoms with Gasteiger partial charge < -0.3 is 10.1 Å². The highest BCUT2D eigenvalue weighted by atomic mass is 32.1. The van der Waals surface area contributed by atoms with E-state index in [9.17, 15) is 9.59 Å². The van der Waals surface area contributed by atoms with E-state index < -0.39 is 0 Å². The van der Waals surface area contributed by atoms with E-state index in [1.54, 1.807) is 13.0 Å². The van der Waals surface area contributed by atoms with E-state index in [1.807, 2.05) is 0 Å². The lowest BCUT2D eigenvalue weighted by molar-refractivity contribution is -0.111. The van der Waals surface area contributed by atoms with Crippen LogP contribution in [0.1, 0.15) is 34.1 Å². The normalized spacial score (nSPS) is 13.7. The largest absolute Gasteiger partial charge is 0.465 e. The highest BCUT2D eigenvalue weighted by Crippen LogP contribution is 2.39. The minimum absolute atomic E-state index is 0.220. The van der Waals surface area contributed by atoms with Gasteiger partial charge >= 0.3 is 5.97 Å². The number of thiophene rings is 1. The Morgan fingerprint density at radius 2 is 2.17 bits per heavy atom. The topological polar surface area (TPSA) is 55.4 Å². The van der Waals surface area contributed by atoms with E-state index >= 15 is 0 Å². The van der Waals surface area contributed by atoms with Gasteiger partial charge in [-0.25, -0.2) is 4.79 Å². The van der Waals surface area contributed by atoms with Crippen LogP contribution in [0.25, 0.3) is 0 Å². The zero-order valence-corrected chi connectivity index (χ0v) is 11.2. The average Bonchev–Trinajstić information content (AvgIpc) is 2.88. The van der Waals surface area contributed by atoms with Gasteiger partial charge in [0.15, 0.2) is 0 Å². The molecule has 96 valence electrons. The van der Waals surface area contributed by atoms with Gasteiger partial charge in [0.1, 0.15) is 5.00 Å². The SMILES string of the molecule is C/C=C\C(=O)Nc1sc2c(c1C(=O)OC)CCC2. The average molecular weight is 265 g/mol. The predicted octanol–water partition coefficient (Wildman–Crippen LogP) is 2.54. The summed E-state index contributed by atoms with van der Waals surface area (Å²) < 4.78 is 4.80. The first-order valence-corrected chi connectivity index (χ1v) is 6.65. The molecular formula is C13H15NO3S. The third-order valence-electron chi connectivity index (χ3n) is 2.87. The molecule has 1 aliphatic carbocycles. The maximum Gasteiger partial charge on any atom is 0.341 e. The third kappa shape index (κ3) is 2.31. The minimum Gasteiger partial charge on any atom is -0.465 e. The van der Waals surface area contributed by atoms with E-state index in [4.69, 9.17) is 4.74 Å². The van der Waals surface area contributed by atoms with Crippen molar-refractivity contribution in [2.45, 2.75) is 26.2 Å². The summed E-state index contributed by atoms with van der Waals surface area (Å²) in [7, 11) is 1.36. The molecule has 1 heterocycles. The summed E-state index contributed by atoms with van der Waals surface area (Å²) in [6, 6.07) is 0. The maximum absolute atomic E-state index is 11.8. The molecule has 1 aromatic heterocycles. The number of allylic oxidation sites excluding steroid dienone is 1. The summed E-state index contributed by atoms with van der Waals surface area (Å²) in [6.07, 6.45) is 6.02. The molecule has 2 rings (SSSR count). The molecule has 5 heteroatoms. The van der Waals surface area contributed by atoms with Gasteiger partial charge in [-0.3, -0.25) is 4.79 Å². The lowest BCUT2D eigenvalue weighted by Gasteiger charge is -2.04. The fraction of sp³-hybridized carbons (Fsp3) is 0.385. The van der Waals surface area contributed by atoms with Crippen molar-refractivity contribution in [2.24, 2.45) is 0 Å². The smallest absolute Gasteiger partial charge is 0.341 e. The Kier molecular flexibility index (Phi) is 3.81. The Bertz CT molecular complexity index is 517. The number of esters is 1. The second kappa shape index (κ2) is 5.35. The fourth-order valence-electron chi connectivity index (χ4n) is 2.12. The Morgan fingerprint density at radius 3 is 2.83 bits per heavy atom. The number of ether oxygens (including phenoxy) is 1. The van der Waals surface area contributed by atoms with Crippen molar-refractivity contribution < 1.29 is 14.3 Å². The molecule has 1 aliphatic rings. The van der Waals surface area contributed by atoms with Gasteiger partial charge in [-0.2, -0.15) is 0 Å². The van der Waals surface area contributed by atoms with E-state index in [-0.39, 0.29) is 11.9 Å². The quantitative estimate of drug-likeness (QED) is 0.675. The second-order valence-corrected chi connectivity index (χ2v) is 5.15. The molecule has 0 aliphatic heterocycles. The Hall–Kier alpha value is -1.62. The van der Waals surface area contributed by atoms with Crippen LogP contribution in [0.15, 0.2) is 12.2 Å². The van der Waals surface area contributed by atoms with Crippen LogP contribution in [0.4, 0.5) is 5.00 Å². The van der Waals surface area contributed by atoms with Gasteiger partial charge in [-0.1, -0.05) is 6.08 Å². The van der Waals surface area contributed by atoms with Crippen molar-refractivity contribution in [3.8, 4) is 0 Å². The summed E-state index contributed by atoms with van der Waals surface area (Å²) in [6.45, 7) is 1.77. The number of amides is 1. The van der Waals surface area contributed by atoms with E-state index in [1.165, 1.54) is 29.4 Å². The molecule has 0 atom stereocenters. The molecule has 1 aromatic rings. The maximum atomic E-state index is 11.8. The lowest BCUT2D eigenvalue weighted by atomic mass is 10.1. The molecule has 18 heavy (non-hydrogen) atoms. The zero-order valence-electron chi connectivity index (χ0n) is 10.4. The Balaban J connectivity index is 2.35. The molecular weight excluding hydrogens is 250 g/mol. The van der Waals surface area contributed by atoms with Gasteiger partial charge in [-0.05, 0) is 37.8 Å². The number of methoxy groups -OCH3 is 1. The van der Waals surface area contributed by atoms with Crippen LogP contribution in [-0.2, 0) is 22.4 Å². The molecule has 0 bridgehead atoms. The number of carbonyl (C=O) groups excluding carboxylic acids is 2. The number of aryl methyl sites for hydroxylation is 1. The van der Waals surface area contributed by atoms with Crippen LogP contribution in [0.2, 0.25) is 0 Å². The van der Waals surface area contributed by atoms with Crippen LogP contribution >= 0.6 is 11.3 Å². The van der Waals surface area contributed by atoms with E-state index in [0.717, 1.165) is 24.8 Å². The molecule has 4 nitrogen and oxygen atoms in total. The zero-order chi connectivity index (χ0) is 13.1. The standard InChI is InChI=1S/C13H15NO3S/c1-3-5-10(15)14-12-11(13(16)17-2)8-6-4-7-9(8)18-12/h3,5H,4,6-7H2,1-2H3,(H,14,15)/b5-3-. The summed E-state index contributed by atoms with van der Waals surface area (Å²) in [5.74, 6) is -0.590. The van der Waals surface area contributed by atoms with Gasteiger partial charge in [0.05, 0.1) is 12.7 Å². The van der Waals surface area contributed by atoms with Crippen molar-refractivity contribution in [3.63, 3.8) is 0 Å². The number of rotatable bonds is 3. The molecule has 0 saturated heterocycles. The first-order valence-electron chi connectivity index (χ1n) is 5.84. The monoisotopic (exact) mass is 265 g/mol. The van der Waals surface area contributed by atoms with Crippen LogP contribution in [0.3, 0.4) is 0 Å². The van der Waals surface area contributed by atoms with E-state index in [2.05, 4.69) is 5.32 Å². The fourth-order valence-corrected chi connectivity index (χ4v) is 3.40. The number of hydrogen-bond acceptors (Lipinski definition) is 4. The number of fused-ring (bicyclic) bond motifs is 1. The molecule has 0 unspecified atom stereocenters. The highest BCUT2D eigenvalue weighted by Gasteiger charge is 2.27. The molecule has 1 amide bonds. The molecule has 1 N–H and O–H groups in total. The minimum atomic E-state index is -0.370. The predicted molar refractivity (Wildman–Crippen MR) is 71.1 cm³/mol. The third-order valence-corrected chi connectivity index (χ3v) is 4.07. The molecule has 0 saturated carbocycles. The molecule has 0 aromatic carbocycles. The first kappa shape index (κ1) is 12.8. The summed E-state index contributed by atoms with van der Waals surface area (Å²) >= 11 is 1.48. The molecule has 0 radical (unpaired) electrons. The summed E-state index contributed by atoms with van der Waals surface area (Å²) in [5, 5.41) is 3.35. The summed E-state index contributed by atoms with van der Waals surface area (Å²) in [4.78, 5) is 24.6. The number of hydrogen-bond donors (Lipinski definition) is 1. The van der Waals surface area contributed by atoms with Crippen LogP contribution in [-0.4, -0.2) is 19.0 Å².